The van der Waals surface area contributed by atoms with Gasteiger partial charge in [-0.3, -0.25) is 9.52 Å². The van der Waals surface area contributed by atoms with Crippen molar-refractivity contribution >= 4 is 21.6 Å². The van der Waals surface area contributed by atoms with Crippen LogP contribution < -0.4 is 10.0 Å². The summed E-state index contributed by atoms with van der Waals surface area (Å²) in [6.45, 7) is 6.64. The summed E-state index contributed by atoms with van der Waals surface area (Å²) < 4.78 is 27.7. The molecule has 0 saturated heterocycles. The number of nitrogens with one attached hydrogen (secondary N) is 2. The van der Waals surface area contributed by atoms with Crippen molar-refractivity contribution < 1.29 is 13.2 Å². The van der Waals surface area contributed by atoms with Gasteiger partial charge in [0, 0.05) is 12.2 Å². The number of hydrogen-bond donors (Lipinski definition) is 2. The van der Waals surface area contributed by atoms with Crippen LogP contribution in [0, 0.1) is 12.8 Å². The standard InChI is InChI=1S/C21H26N2O3S/c1-15(2)14-22-20(24)21(11-12-21)17-7-9-18(10-8-17)23-27(25,26)19-6-4-5-16(3)13-19/h4-10,13,15,23H,11-12,14H2,1-3H3,(H,22,24). The second-order valence-electron chi connectivity index (χ2n) is 7.69. The maximum atomic E-state index is 12.5. The van der Waals surface area contributed by atoms with Crippen molar-refractivity contribution in [1.29, 1.82) is 0 Å². The van der Waals surface area contributed by atoms with Gasteiger partial charge in [-0.25, -0.2) is 8.42 Å². The Morgan fingerprint density at radius 1 is 1.11 bits per heavy atom. The number of anilines is 1. The van der Waals surface area contributed by atoms with Crippen LogP contribution in [-0.2, 0) is 20.2 Å². The van der Waals surface area contributed by atoms with E-state index in [2.05, 4.69) is 23.9 Å². The molecule has 1 saturated carbocycles. The molecule has 2 aromatic carbocycles. The van der Waals surface area contributed by atoms with Gasteiger partial charge >= 0.3 is 0 Å². The molecular formula is C21H26N2O3S. The zero-order valence-electron chi connectivity index (χ0n) is 16.0. The lowest BCUT2D eigenvalue weighted by molar-refractivity contribution is -0.123. The summed E-state index contributed by atoms with van der Waals surface area (Å²) >= 11 is 0. The van der Waals surface area contributed by atoms with Crippen LogP contribution in [0.5, 0.6) is 0 Å². The second kappa shape index (κ2) is 7.35. The maximum Gasteiger partial charge on any atom is 0.261 e. The lowest BCUT2D eigenvalue weighted by Crippen LogP contribution is -2.36. The van der Waals surface area contributed by atoms with E-state index in [0.717, 1.165) is 24.0 Å². The summed E-state index contributed by atoms with van der Waals surface area (Å²) in [6.07, 6.45) is 1.65. The Bertz CT molecular complexity index is 930. The van der Waals surface area contributed by atoms with Gasteiger partial charge in [-0.15, -0.1) is 0 Å². The van der Waals surface area contributed by atoms with Crippen molar-refractivity contribution in [3.63, 3.8) is 0 Å². The van der Waals surface area contributed by atoms with Crippen LogP contribution >= 0.6 is 0 Å². The van der Waals surface area contributed by atoms with Crippen LogP contribution in [0.25, 0.3) is 0 Å². The van der Waals surface area contributed by atoms with Gasteiger partial charge in [-0.05, 0) is 61.1 Å². The van der Waals surface area contributed by atoms with E-state index >= 15 is 0 Å². The molecule has 1 amide bonds. The number of carbonyl (C=O) groups is 1. The minimum atomic E-state index is -3.63. The van der Waals surface area contributed by atoms with Crippen LogP contribution in [0.15, 0.2) is 53.4 Å². The molecule has 27 heavy (non-hydrogen) atoms. The first-order valence-corrected chi connectivity index (χ1v) is 10.7. The quantitative estimate of drug-likeness (QED) is 0.763. The van der Waals surface area contributed by atoms with Gasteiger partial charge < -0.3 is 5.32 Å². The third kappa shape index (κ3) is 4.33. The summed E-state index contributed by atoms with van der Waals surface area (Å²) in [6, 6.07) is 13.9. The lowest BCUT2D eigenvalue weighted by Gasteiger charge is -2.17. The van der Waals surface area contributed by atoms with Gasteiger partial charge in [-0.2, -0.15) is 0 Å². The smallest absolute Gasteiger partial charge is 0.261 e. The number of benzene rings is 2. The average Bonchev–Trinajstić information content (AvgIpc) is 3.42. The van der Waals surface area contributed by atoms with Crippen LogP contribution in [0.2, 0.25) is 0 Å². The Labute approximate surface area is 161 Å². The first-order valence-electron chi connectivity index (χ1n) is 9.21. The van der Waals surface area contributed by atoms with Crippen molar-refractivity contribution in [1.82, 2.24) is 5.32 Å². The normalized spacial score (nSPS) is 15.4. The van der Waals surface area contributed by atoms with Crippen molar-refractivity contribution in [3.05, 3.63) is 59.7 Å². The van der Waals surface area contributed by atoms with E-state index in [1.807, 2.05) is 25.1 Å². The first-order chi connectivity index (χ1) is 12.7. The zero-order valence-corrected chi connectivity index (χ0v) is 16.8. The number of carbonyl (C=O) groups excluding carboxylic acids is 1. The topological polar surface area (TPSA) is 75.3 Å². The third-order valence-corrected chi connectivity index (χ3v) is 6.22. The van der Waals surface area contributed by atoms with Gasteiger partial charge in [0.1, 0.15) is 0 Å². The molecule has 1 aliphatic carbocycles. The highest BCUT2D eigenvalue weighted by atomic mass is 32.2. The molecule has 0 atom stereocenters. The Hall–Kier alpha value is -2.34. The van der Waals surface area contributed by atoms with E-state index < -0.39 is 15.4 Å². The SMILES string of the molecule is Cc1cccc(S(=O)(=O)Nc2ccc(C3(C(=O)NCC(C)C)CC3)cc2)c1. The largest absolute Gasteiger partial charge is 0.355 e. The molecule has 1 fully saturated rings. The molecule has 0 heterocycles. The average molecular weight is 387 g/mol. The highest BCUT2D eigenvalue weighted by Gasteiger charge is 2.51. The number of hydrogen-bond acceptors (Lipinski definition) is 3. The molecule has 5 nitrogen and oxygen atoms in total. The minimum Gasteiger partial charge on any atom is -0.355 e. The summed E-state index contributed by atoms with van der Waals surface area (Å²) in [4.78, 5) is 12.8. The van der Waals surface area contributed by atoms with Gasteiger partial charge in [0.25, 0.3) is 10.0 Å². The molecule has 1 aliphatic rings. The molecule has 3 rings (SSSR count). The third-order valence-electron chi connectivity index (χ3n) is 4.85. The Kier molecular flexibility index (Phi) is 5.29. The van der Waals surface area contributed by atoms with Gasteiger partial charge in [0.05, 0.1) is 10.3 Å². The molecular weight excluding hydrogens is 360 g/mol. The van der Waals surface area contributed by atoms with E-state index in [0.29, 0.717) is 18.2 Å². The first kappa shape index (κ1) is 19.4. The molecule has 0 unspecified atom stereocenters. The number of rotatable bonds is 7. The molecule has 0 aromatic heterocycles. The van der Waals surface area contributed by atoms with Gasteiger partial charge in [0.15, 0.2) is 0 Å². The van der Waals surface area contributed by atoms with Gasteiger partial charge in [0.2, 0.25) is 5.91 Å². The molecule has 144 valence electrons. The Morgan fingerprint density at radius 3 is 2.33 bits per heavy atom. The lowest BCUT2D eigenvalue weighted by atomic mass is 9.94. The van der Waals surface area contributed by atoms with Crippen LogP contribution in [0.1, 0.15) is 37.8 Å². The predicted octanol–water partition coefficient (Wildman–Crippen LogP) is 3.60. The highest BCUT2D eigenvalue weighted by Crippen LogP contribution is 2.48. The van der Waals surface area contributed by atoms with Crippen LogP contribution in [-0.4, -0.2) is 20.9 Å². The summed E-state index contributed by atoms with van der Waals surface area (Å²) in [7, 11) is -3.63. The Balaban J connectivity index is 1.73. The molecule has 0 aliphatic heterocycles. The summed E-state index contributed by atoms with van der Waals surface area (Å²) in [5.41, 5.74) is 1.85. The second-order valence-corrected chi connectivity index (χ2v) is 9.37. The predicted molar refractivity (Wildman–Crippen MR) is 107 cm³/mol. The monoisotopic (exact) mass is 386 g/mol. The number of amides is 1. The van der Waals surface area contributed by atoms with Crippen molar-refractivity contribution in [3.8, 4) is 0 Å². The fourth-order valence-electron chi connectivity index (χ4n) is 3.09. The molecule has 6 heteroatoms. The zero-order chi connectivity index (χ0) is 19.7. The van der Waals surface area contributed by atoms with E-state index in [1.54, 1.807) is 30.3 Å². The number of sulfonamides is 1. The molecule has 2 aromatic rings. The van der Waals surface area contributed by atoms with E-state index in [-0.39, 0.29) is 10.8 Å². The molecule has 0 spiro atoms. The van der Waals surface area contributed by atoms with E-state index in [4.69, 9.17) is 0 Å². The highest BCUT2D eigenvalue weighted by molar-refractivity contribution is 7.92. The summed E-state index contributed by atoms with van der Waals surface area (Å²) in [5.74, 6) is 0.465. The fraction of sp³-hybridized carbons (Fsp3) is 0.381. The van der Waals surface area contributed by atoms with Gasteiger partial charge in [-0.1, -0.05) is 38.1 Å². The van der Waals surface area contributed by atoms with Crippen LogP contribution in [0.3, 0.4) is 0 Å². The van der Waals surface area contributed by atoms with Crippen molar-refractivity contribution in [2.75, 3.05) is 11.3 Å². The molecule has 2 N–H and O–H groups in total. The molecule has 0 bridgehead atoms. The number of aryl methyl sites for hydroxylation is 1. The summed E-state index contributed by atoms with van der Waals surface area (Å²) in [5, 5.41) is 3.01. The van der Waals surface area contributed by atoms with Crippen molar-refractivity contribution in [2.24, 2.45) is 5.92 Å². The maximum absolute atomic E-state index is 12.5. The van der Waals surface area contributed by atoms with Crippen LogP contribution in [0.4, 0.5) is 5.69 Å². The van der Waals surface area contributed by atoms with Crippen molar-refractivity contribution in [2.45, 2.75) is 43.9 Å². The fourth-order valence-corrected chi connectivity index (χ4v) is 4.25. The van der Waals surface area contributed by atoms with E-state index in [9.17, 15) is 13.2 Å². The minimum absolute atomic E-state index is 0.0595. The van der Waals surface area contributed by atoms with E-state index in [1.165, 1.54) is 0 Å². The Morgan fingerprint density at radius 2 is 1.78 bits per heavy atom. The molecule has 0 radical (unpaired) electrons.